The van der Waals surface area contributed by atoms with Crippen LogP contribution < -0.4 is 10.9 Å². The Morgan fingerprint density at radius 3 is 2.88 bits per heavy atom. The highest BCUT2D eigenvalue weighted by Gasteiger charge is 2.41. The Morgan fingerprint density at radius 1 is 1.35 bits per heavy atom. The molecule has 1 unspecified atom stereocenters. The maximum Gasteiger partial charge on any atom is 0.255 e. The van der Waals surface area contributed by atoms with Gasteiger partial charge in [-0.25, -0.2) is 13.8 Å². The summed E-state index contributed by atoms with van der Waals surface area (Å²) in [6, 6.07) is 0. The van der Waals surface area contributed by atoms with E-state index in [1.165, 1.54) is 0 Å². The molecule has 0 bridgehead atoms. The molecule has 0 amide bonds. The van der Waals surface area contributed by atoms with Crippen molar-refractivity contribution in [3.05, 3.63) is 27.4 Å². The number of hydrogen-bond donors (Lipinski definition) is 2. The molecule has 1 saturated carbocycles. The molecule has 0 spiro atoms. The van der Waals surface area contributed by atoms with Gasteiger partial charge >= 0.3 is 0 Å². The fraction of sp³-hybridized carbons (Fsp3) is 0.636. The minimum Gasteiger partial charge on any atom is -0.310 e. The molecule has 92 valence electrons. The van der Waals surface area contributed by atoms with Crippen LogP contribution in [0.5, 0.6) is 0 Å². The standard InChI is InChI=1S/C11H13F2N3O/c12-11(13)2-1-6(3-11)9-15-8-5-14-4-7(8)10(17)16-9/h6,14H,1-5H2,(H,15,16,17). The van der Waals surface area contributed by atoms with E-state index in [9.17, 15) is 13.6 Å². The number of hydrogen-bond acceptors (Lipinski definition) is 3. The van der Waals surface area contributed by atoms with Gasteiger partial charge in [0.2, 0.25) is 5.92 Å². The Labute approximate surface area is 96.5 Å². The molecule has 1 atom stereocenters. The Hall–Kier alpha value is -1.30. The number of nitrogens with zero attached hydrogens (tertiary/aromatic N) is 1. The van der Waals surface area contributed by atoms with Crippen molar-refractivity contribution in [3.8, 4) is 0 Å². The highest BCUT2D eigenvalue weighted by atomic mass is 19.3. The summed E-state index contributed by atoms with van der Waals surface area (Å²) < 4.78 is 26.2. The Bertz CT molecular complexity index is 512. The van der Waals surface area contributed by atoms with Gasteiger partial charge in [-0.3, -0.25) is 4.79 Å². The minimum atomic E-state index is -2.61. The topological polar surface area (TPSA) is 57.8 Å². The third-order valence-corrected chi connectivity index (χ3v) is 3.50. The highest BCUT2D eigenvalue weighted by Crippen LogP contribution is 2.42. The zero-order valence-electron chi connectivity index (χ0n) is 9.22. The van der Waals surface area contributed by atoms with Crippen LogP contribution in [0.1, 0.15) is 42.3 Å². The smallest absolute Gasteiger partial charge is 0.255 e. The molecule has 1 aromatic heterocycles. The van der Waals surface area contributed by atoms with Crippen LogP contribution in [-0.4, -0.2) is 15.9 Å². The van der Waals surface area contributed by atoms with Gasteiger partial charge < -0.3 is 10.3 Å². The fourth-order valence-corrected chi connectivity index (χ4v) is 2.57. The van der Waals surface area contributed by atoms with Crippen LogP contribution in [0.3, 0.4) is 0 Å². The number of H-pyrrole nitrogens is 1. The Kier molecular flexibility index (Phi) is 2.29. The molecule has 0 aromatic carbocycles. The van der Waals surface area contributed by atoms with Crippen molar-refractivity contribution in [3.63, 3.8) is 0 Å². The maximum atomic E-state index is 13.1. The van der Waals surface area contributed by atoms with Crippen LogP contribution in [0.25, 0.3) is 0 Å². The third kappa shape index (κ3) is 1.86. The summed E-state index contributed by atoms with van der Waals surface area (Å²) in [6.07, 6.45) is 0.0705. The van der Waals surface area contributed by atoms with Gasteiger partial charge in [0.25, 0.3) is 5.56 Å². The number of aromatic amines is 1. The molecule has 1 aliphatic heterocycles. The first-order valence-electron chi connectivity index (χ1n) is 5.76. The summed E-state index contributed by atoms with van der Waals surface area (Å²) in [5.41, 5.74) is 1.16. The van der Waals surface area contributed by atoms with Crippen molar-refractivity contribution in [2.24, 2.45) is 0 Å². The molecule has 1 fully saturated rings. The van der Waals surface area contributed by atoms with Gasteiger partial charge in [0.05, 0.1) is 11.3 Å². The van der Waals surface area contributed by atoms with E-state index in [0.29, 0.717) is 36.6 Å². The van der Waals surface area contributed by atoms with Crippen molar-refractivity contribution in [2.75, 3.05) is 0 Å². The van der Waals surface area contributed by atoms with Crippen LogP contribution in [0.4, 0.5) is 8.78 Å². The van der Waals surface area contributed by atoms with Gasteiger partial charge in [0, 0.05) is 31.8 Å². The maximum absolute atomic E-state index is 13.1. The van der Waals surface area contributed by atoms with Crippen LogP contribution in [0.2, 0.25) is 0 Å². The van der Waals surface area contributed by atoms with Crippen molar-refractivity contribution in [2.45, 2.75) is 44.2 Å². The molecule has 1 aromatic rings. The lowest BCUT2D eigenvalue weighted by atomic mass is 10.1. The molecule has 2 heterocycles. The van der Waals surface area contributed by atoms with Crippen molar-refractivity contribution in [1.29, 1.82) is 0 Å². The van der Waals surface area contributed by atoms with Gasteiger partial charge in [-0.05, 0) is 6.42 Å². The van der Waals surface area contributed by atoms with Crippen molar-refractivity contribution < 1.29 is 8.78 Å². The van der Waals surface area contributed by atoms with E-state index in [1.54, 1.807) is 0 Å². The lowest BCUT2D eigenvalue weighted by molar-refractivity contribution is 0.00752. The largest absolute Gasteiger partial charge is 0.310 e. The zero-order chi connectivity index (χ0) is 12.0. The number of fused-ring (bicyclic) bond motifs is 1. The molecule has 0 saturated heterocycles. The zero-order valence-corrected chi connectivity index (χ0v) is 9.22. The summed E-state index contributed by atoms with van der Waals surface area (Å²) in [6.45, 7) is 1.06. The van der Waals surface area contributed by atoms with Crippen LogP contribution >= 0.6 is 0 Å². The summed E-state index contributed by atoms with van der Waals surface area (Å²) >= 11 is 0. The molecule has 2 aliphatic rings. The molecule has 2 N–H and O–H groups in total. The van der Waals surface area contributed by atoms with Gasteiger partial charge in [0.15, 0.2) is 0 Å². The molecule has 17 heavy (non-hydrogen) atoms. The van der Waals surface area contributed by atoms with E-state index < -0.39 is 5.92 Å². The van der Waals surface area contributed by atoms with Gasteiger partial charge in [0.1, 0.15) is 5.82 Å². The summed E-state index contributed by atoms with van der Waals surface area (Å²) in [5.74, 6) is -2.50. The third-order valence-electron chi connectivity index (χ3n) is 3.50. The first-order valence-corrected chi connectivity index (χ1v) is 5.76. The SMILES string of the molecule is O=c1[nH]c(C2CCC(F)(F)C2)nc2c1CNC2. The fourth-order valence-electron chi connectivity index (χ4n) is 2.57. The van der Waals surface area contributed by atoms with Crippen LogP contribution in [0.15, 0.2) is 4.79 Å². The number of rotatable bonds is 1. The second-order valence-corrected chi connectivity index (χ2v) is 4.78. The van der Waals surface area contributed by atoms with Gasteiger partial charge in [-0.2, -0.15) is 0 Å². The first kappa shape index (κ1) is 10.8. The quantitative estimate of drug-likeness (QED) is 0.778. The Morgan fingerprint density at radius 2 is 2.18 bits per heavy atom. The van der Waals surface area contributed by atoms with Crippen LogP contribution in [-0.2, 0) is 13.1 Å². The minimum absolute atomic E-state index is 0.114. The predicted octanol–water partition coefficient (Wildman–Crippen LogP) is 1.28. The number of aromatic nitrogens is 2. The average Bonchev–Trinajstić information content (AvgIpc) is 2.84. The Balaban J connectivity index is 1.95. The molecule has 6 heteroatoms. The normalized spacial score (nSPS) is 26.1. The van der Waals surface area contributed by atoms with E-state index >= 15 is 0 Å². The summed E-state index contributed by atoms with van der Waals surface area (Å²) in [5, 5.41) is 3.03. The van der Waals surface area contributed by atoms with Gasteiger partial charge in [-0.15, -0.1) is 0 Å². The molecule has 4 nitrogen and oxygen atoms in total. The molecule has 0 radical (unpaired) electrons. The molecular formula is C11H13F2N3O. The predicted molar refractivity (Wildman–Crippen MR) is 56.9 cm³/mol. The first-order chi connectivity index (χ1) is 8.05. The molecule has 3 rings (SSSR count). The highest BCUT2D eigenvalue weighted by molar-refractivity contribution is 5.22. The van der Waals surface area contributed by atoms with E-state index in [-0.39, 0.29) is 24.3 Å². The van der Waals surface area contributed by atoms with E-state index in [2.05, 4.69) is 15.3 Å². The molecular weight excluding hydrogens is 228 g/mol. The van der Waals surface area contributed by atoms with E-state index in [0.717, 1.165) is 0 Å². The number of halogens is 2. The lowest BCUT2D eigenvalue weighted by Crippen LogP contribution is -2.19. The van der Waals surface area contributed by atoms with Crippen molar-refractivity contribution >= 4 is 0 Å². The van der Waals surface area contributed by atoms with E-state index in [1.807, 2.05) is 0 Å². The second kappa shape index (κ2) is 3.60. The van der Waals surface area contributed by atoms with Crippen LogP contribution in [0, 0.1) is 0 Å². The monoisotopic (exact) mass is 241 g/mol. The summed E-state index contributed by atoms with van der Waals surface area (Å²) in [7, 11) is 0. The lowest BCUT2D eigenvalue weighted by Gasteiger charge is -2.10. The number of alkyl halides is 2. The average molecular weight is 241 g/mol. The van der Waals surface area contributed by atoms with E-state index in [4.69, 9.17) is 0 Å². The summed E-state index contributed by atoms with van der Waals surface area (Å²) in [4.78, 5) is 18.7. The molecule has 1 aliphatic carbocycles. The van der Waals surface area contributed by atoms with Gasteiger partial charge in [-0.1, -0.05) is 0 Å². The second-order valence-electron chi connectivity index (χ2n) is 4.78. The van der Waals surface area contributed by atoms with Crippen molar-refractivity contribution in [1.82, 2.24) is 15.3 Å². The number of nitrogens with one attached hydrogen (secondary N) is 2.